The van der Waals surface area contributed by atoms with E-state index in [1.54, 1.807) is 12.8 Å². The second kappa shape index (κ2) is 11.5. The zero-order valence-corrected chi connectivity index (χ0v) is 16.0. The third kappa shape index (κ3) is 7.16. The van der Waals surface area contributed by atoms with Gasteiger partial charge in [-0.15, -0.1) is 0 Å². The van der Waals surface area contributed by atoms with Gasteiger partial charge in [0, 0.05) is 13.2 Å². The van der Waals surface area contributed by atoms with E-state index in [-0.39, 0.29) is 0 Å². The van der Waals surface area contributed by atoms with E-state index in [2.05, 4.69) is 13.8 Å². The molecule has 0 bridgehead atoms. The molecule has 0 amide bonds. The average molecular weight is 323 g/mol. The molecule has 2 rings (SSSR count). The summed E-state index contributed by atoms with van der Waals surface area (Å²) in [6.45, 7) is 6.34. The zero-order valence-electron chi connectivity index (χ0n) is 16.0. The second-order valence-electron chi connectivity index (χ2n) is 8.42. The third-order valence-corrected chi connectivity index (χ3v) is 6.72. The summed E-state index contributed by atoms with van der Waals surface area (Å²) in [5, 5.41) is 0. The summed E-state index contributed by atoms with van der Waals surface area (Å²) in [6.07, 6.45) is 20.8. The highest BCUT2D eigenvalue weighted by Gasteiger charge is 2.30. The van der Waals surface area contributed by atoms with Gasteiger partial charge in [-0.3, -0.25) is 0 Å². The van der Waals surface area contributed by atoms with Crippen molar-refractivity contribution in [2.45, 2.75) is 104 Å². The van der Waals surface area contributed by atoms with Gasteiger partial charge in [0.15, 0.2) is 0 Å². The van der Waals surface area contributed by atoms with Crippen molar-refractivity contribution in [1.29, 1.82) is 0 Å². The van der Waals surface area contributed by atoms with E-state index < -0.39 is 0 Å². The lowest BCUT2D eigenvalue weighted by atomic mass is 9.69. The molecule has 2 fully saturated rings. The maximum Gasteiger partial charge on any atom is 0.0494 e. The van der Waals surface area contributed by atoms with Gasteiger partial charge in [0.2, 0.25) is 0 Å². The Kier molecular flexibility index (Phi) is 9.65. The molecule has 23 heavy (non-hydrogen) atoms. The van der Waals surface area contributed by atoms with Crippen molar-refractivity contribution in [3.05, 3.63) is 0 Å². The van der Waals surface area contributed by atoms with Gasteiger partial charge in [0.1, 0.15) is 0 Å². The number of rotatable bonds is 10. The Morgan fingerprint density at radius 1 is 0.652 bits per heavy atom. The van der Waals surface area contributed by atoms with Crippen molar-refractivity contribution < 1.29 is 4.74 Å². The van der Waals surface area contributed by atoms with E-state index in [1.165, 1.54) is 77.0 Å². The molecule has 136 valence electrons. The van der Waals surface area contributed by atoms with Crippen LogP contribution in [0.5, 0.6) is 0 Å². The smallest absolute Gasteiger partial charge is 0.0494 e. The van der Waals surface area contributed by atoms with Crippen molar-refractivity contribution in [1.82, 2.24) is 0 Å². The molecular weight excluding hydrogens is 280 g/mol. The van der Waals surface area contributed by atoms with E-state index in [9.17, 15) is 0 Å². The quantitative estimate of drug-likeness (QED) is 0.393. The van der Waals surface area contributed by atoms with Crippen LogP contribution in [0.1, 0.15) is 104 Å². The molecule has 2 saturated carbocycles. The molecule has 0 heterocycles. The Bertz CT molecular complexity index is 272. The highest BCUT2D eigenvalue weighted by atomic mass is 16.5. The largest absolute Gasteiger partial charge is 0.381 e. The zero-order chi connectivity index (χ0) is 16.3. The summed E-state index contributed by atoms with van der Waals surface area (Å²) in [6, 6.07) is 0. The standard InChI is InChI=1S/C22H42O/c1-3-5-6-7-8-9-19-10-14-21(15-11-19)22-16-12-20(13-17-22)18-23-4-2/h19-22H,3-18H2,1-2H3/t19?,20-,21?,22-. The summed E-state index contributed by atoms with van der Waals surface area (Å²) in [7, 11) is 0. The molecule has 0 aromatic carbocycles. The fourth-order valence-corrected chi connectivity index (χ4v) is 5.10. The molecule has 0 N–H and O–H groups in total. The molecular formula is C22H42O. The molecule has 0 unspecified atom stereocenters. The fourth-order valence-electron chi connectivity index (χ4n) is 5.10. The Morgan fingerprint density at radius 3 is 1.78 bits per heavy atom. The van der Waals surface area contributed by atoms with Crippen LogP contribution in [0.2, 0.25) is 0 Å². The summed E-state index contributed by atoms with van der Waals surface area (Å²) >= 11 is 0. The van der Waals surface area contributed by atoms with Gasteiger partial charge in [-0.1, -0.05) is 58.3 Å². The highest BCUT2D eigenvalue weighted by molar-refractivity contribution is 4.82. The Morgan fingerprint density at radius 2 is 1.22 bits per heavy atom. The Labute approximate surface area is 146 Å². The average Bonchev–Trinajstić information content (AvgIpc) is 2.61. The van der Waals surface area contributed by atoms with Crippen molar-refractivity contribution >= 4 is 0 Å². The predicted molar refractivity (Wildman–Crippen MR) is 101 cm³/mol. The van der Waals surface area contributed by atoms with Crippen LogP contribution in [0.25, 0.3) is 0 Å². The Balaban J connectivity index is 1.54. The van der Waals surface area contributed by atoms with Gasteiger partial charge >= 0.3 is 0 Å². The molecule has 2 aliphatic carbocycles. The molecule has 1 heteroatoms. The van der Waals surface area contributed by atoms with Crippen LogP contribution in [0.3, 0.4) is 0 Å². The predicted octanol–water partition coefficient (Wildman–Crippen LogP) is 7.00. The van der Waals surface area contributed by atoms with E-state index in [4.69, 9.17) is 4.74 Å². The van der Waals surface area contributed by atoms with Crippen molar-refractivity contribution in [2.24, 2.45) is 23.7 Å². The van der Waals surface area contributed by atoms with Gasteiger partial charge in [-0.25, -0.2) is 0 Å². The van der Waals surface area contributed by atoms with Crippen LogP contribution in [0.4, 0.5) is 0 Å². The van der Waals surface area contributed by atoms with Crippen LogP contribution in [0, 0.1) is 23.7 Å². The van der Waals surface area contributed by atoms with Gasteiger partial charge in [-0.2, -0.15) is 0 Å². The first-order valence-corrected chi connectivity index (χ1v) is 10.9. The number of hydrogen-bond acceptors (Lipinski definition) is 1. The fraction of sp³-hybridized carbons (Fsp3) is 1.00. The first-order chi connectivity index (χ1) is 11.3. The van der Waals surface area contributed by atoms with Crippen LogP contribution in [-0.2, 0) is 4.74 Å². The van der Waals surface area contributed by atoms with Crippen molar-refractivity contribution in [3.8, 4) is 0 Å². The minimum Gasteiger partial charge on any atom is -0.381 e. The van der Waals surface area contributed by atoms with Crippen molar-refractivity contribution in [3.63, 3.8) is 0 Å². The highest BCUT2D eigenvalue weighted by Crippen LogP contribution is 2.42. The molecule has 0 aromatic rings. The van der Waals surface area contributed by atoms with Crippen LogP contribution >= 0.6 is 0 Å². The first kappa shape index (κ1) is 19.3. The maximum absolute atomic E-state index is 5.63. The lowest BCUT2D eigenvalue weighted by molar-refractivity contribution is 0.0710. The molecule has 2 aliphatic rings. The summed E-state index contributed by atoms with van der Waals surface area (Å²) < 4.78 is 5.63. The van der Waals surface area contributed by atoms with E-state index >= 15 is 0 Å². The lowest BCUT2D eigenvalue weighted by Gasteiger charge is -2.38. The molecule has 0 aromatic heterocycles. The van der Waals surface area contributed by atoms with E-state index in [0.717, 1.165) is 36.9 Å². The monoisotopic (exact) mass is 322 g/mol. The van der Waals surface area contributed by atoms with Gasteiger partial charge < -0.3 is 4.74 Å². The molecule has 0 spiro atoms. The summed E-state index contributed by atoms with van der Waals surface area (Å²) in [5.41, 5.74) is 0. The molecule has 0 radical (unpaired) electrons. The lowest BCUT2D eigenvalue weighted by Crippen LogP contribution is -2.27. The number of ether oxygens (including phenoxy) is 1. The van der Waals surface area contributed by atoms with E-state index in [1.807, 2.05) is 0 Å². The van der Waals surface area contributed by atoms with Gasteiger partial charge in [0.05, 0.1) is 0 Å². The van der Waals surface area contributed by atoms with Gasteiger partial charge in [-0.05, 0) is 69.1 Å². The van der Waals surface area contributed by atoms with Crippen LogP contribution < -0.4 is 0 Å². The van der Waals surface area contributed by atoms with Crippen LogP contribution in [0.15, 0.2) is 0 Å². The first-order valence-electron chi connectivity index (χ1n) is 10.9. The minimum absolute atomic E-state index is 0.866. The number of unbranched alkanes of at least 4 members (excludes halogenated alkanes) is 4. The van der Waals surface area contributed by atoms with Gasteiger partial charge in [0.25, 0.3) is 0 Å². The normalized spacial score (nSPS) is 32.1. The maximum atomic E-state index is 5.63. The number of hydrogen-bond donors (Lipinski definition) is 0. The molecule has 0 atom stereocenters. The summed E-state index contributed by atoms with van der Waals surface area (Å²) in [4.78, 5) is 0. The summed E-state index contributed by atoms with van der Waals surface area (Å²) in [5.74, 6) is 4.06. The third-order valence-electron chi connectivity index (χ3n) is 6.72. The molecule has 0 saturated heterocycles. The SMILES string of the molecule is CCCCCCCC1CCC([C@H]2CC[C@H](COCC)CC2)CC1. The second-order valence-corrected chi connectivity index (χ2v) is 8.42. The van der Waals surface area contributed by atoms with Crippen LogP contribution in [-0.4, -0.2) is 13.2 Å². The molecule has 1 nitrogen and oxygen atoms in total. The van der Waals surface area contributed by atoms with E-state index in [0.29, 0.717) is 0 Å². The topological polar surface area (TPSA) is 9.23 Å². The Hall–Kier alpha value is -0.0400. The molecule has 0 aliphatic heterocycles. The minimum atomic E-state index is 0.866. The van der Waals surface area contributed by atoms with Crippen molar-refractivity contribution in [2.75, 3.05) is 13.2 Å².